The van der Waals surface area contributed by atoms with E-state index in [0.717, 1.165) is 0 Å². The SMILES string of the molecule is O=S1(=O)COCCN1Cc1c(F)cccc1Cl. The summed E-state index contributed by atoms with van der Waals surface area (Å²) in [6, 6.07) is 4.27. The van der Waals surface area contributed by atoms with Gasteiger partial charge >= 0.3 is 0 Å². The zero-order valence-corrected chi connectivity index (χ0v) is 10.5. The van der Waals surface area contributed by atoms with E-state index in [9.17, 15) is 12.8 Å². The fourth-order valence-electron chi connectivity index (χ4n) is 1.58. The van der Waals surface area contributed by atoms with Crippen LogP contribution in [0.2, 0.25) is 5.02 Å². The van der Waals surface area contributed by atoms with E-state index in [-0.39, 0.29) is 29.6 Å². The van der Waals surface area contributed by atoms with Gasteiger partial charge in [-0.3, -0.25) is 0 Å². The number of hydrogen-bond acceptors (Lipinski definition) is 3. The number of hydrogen-bond donors (Lipinski definition) is 0. The number of nitrogens with zero attached hydrogens (tertiary/aromatic N) is 1. The van der Waals surface area contributed by atoms with Crippen molar-refractivity contribution in [1.29, 1.82) is 0 Å². The highest BCUT2D eigenvalue weighted by atomic mass is 35.5. The van der Waals surface area contributed by atoms with Gasteiger partial charge in [0.15, 0.2) is 5.94 Å². The van der Waals surface area contributed by atoms with Gasteiger partial charge in [-0.05, 0) is 12.1 Å². The Kier molecular flexibility index (Phi) is 3.67. The summed E-state index contributed by atoms with van der Waals surface area (Å²) in [6.45, 7) is 0.468. The predicted molar refractivity (Wildman–Crippen MR) is 61.6 cm³/mol. The summed E-state index contributed by atoms with van der Waals surface area (Å²) in [5.74, 6) is -0.863. The zero-order chi connectivity index (χ0) is 12.5. The van der Waals surface area contributed by atoms with Gasteiger partial charge in [0, 0.05) is 23.7 Å². The number of halogens is 2. The minimum Gasteiger partial charge on any atom is -0.363 e. The van der Waals surface area contributed by atoms with Gasteiger partial charge in [0.2, 0.25) is 10.0 Å². The molecule has 0 aliphatic carbocycles. The summed E-state index contributed by atoms with van der Waals surface area (Å²) in [4.78, 5) is 0. The summed E-state index contributed by atoms with van der Waals surface area (Å²) >= 11 is 5.85. The highest BCUT2D eigenvalue weighted by Gasteiger charge is 2.27. The molecule has 0 N–H and O–H groups in total. The van der Waals surface area contributed by atoms with Crippen molar-refractivity contribution in [2.75, 3.05) is 19.1 Å². The molecule has 1 saturated heterocycles. The average molecular weight is 280 g/mol. The predicted octanol–water partition coefficient (Wildman–Crippen LogP) is 1.60. The van der Waals surface area contributed by atoms with E-state index in [0.29, 0.717) is 6.61 Å². The maximum absolute atomic E-state index is 13.5. The number of ether oxygens (including phenoxy) is 1. The molecule has 17 heavy (non-hydrogen) atoms. The molecular weight excluding hydrogens is 269 g/mol. The monoisotopic (exact) mass is 279 g/mol. The summed E-state index contributed by atoms with van der Waals surface area (Å²) in [7, 11) is -3.47. The molecule has 7 heteroatoms. The topological polar surface area (TPSA) is 46.6 Å². The van der Waals surface area contributed by atoms with Crippen molar-refractivity contribution in [3.05, 3.63) is 34.6 Å². The summed E-state index contributed by atoms with van der Waals surface area (Å²) in [5.41, 5.74) is 0.194. The first-order valence-corrected chi connectivity index (χ1v) is 6.98. The highest BCUT2D eigenvalue weighted by molar-refractivity contribution is 7.88. The quantitative estimate of drug-likeness (QED) is 0.826. The van der Waals surface area contributed by atoms with E-state index in [4.69, 9.17) is 16.3 Å². The van der Waals surface area contributed by atoms with Gasteiger partial charge in [-0.25, -0.2) is 12.8 Å². The van der Waals surface area contributed by atoms with Crippen LogP contribution in [-0.2, 0) is 21.3 Å². The van der Waals surface area contributed by atoms with Crippen LogP contribution < -0.4 is 0 Å². The second-order valence-corrected chi connectivity index (χ2v) is 5.99. The van der Waals surface area contributed by atoms with Crippen molar-refractivity contribution in [2.45, 2.75) is 6.54 Å². The lowest BCUT2D eigenvalue weighted by Crippen LogP contribution is -2.40. The molecule has 0 aromatic heterocycles. The highest BCUT2D eigenvalue weighted by Crippen LogP contribution is 2.22. The summed E-state index contributed by atoms with van der Waals surface area (Å²) in [6.07, 6.45) is 0. The van der Waals surface area contributed by atoms with Crippen LogP contribution in [0.3, 0.4) is 0 Å². The van der Waals surface area contributed by atoms with Crippen molar-refractivity contribution in [1.82, 2.24) is 4.31 Å². The number of benzene rings is 1. The van der Waals surface area contributed by atoms with Crippen LogP contribution in [0.1, 0.15) is 5.56 Å². The summed E-state index contributed by atoms with van der Waals surface area (Å²) in [5, 5.41) is 0.228. The Bertz CT molecular complexity index is 500. The van der Waals surface area contributed by atoms with Crippen molar-refractivity contribution in [3.8, 4) is 0 Å². The smallest absolute Gasteiger partial charge is 0.238 e. The minimum absolute atomic E-state index is 0.0583. The van der Waals surface area contributed by atoms with Crippen molar-refractivity contribution in [2.24, 2.45) is 0 Å². The molecule has 0 bridgehead atoms. The largest absolute Gasteiger partial charge is 0.363 e. The first kappa shape index (κ1) is 12.8. The van der Waals surface area contributed by atoms with Gasteiger partial charge in [0.1, 0.15) is 5.82 Å². The van der Waals surface area contributed by atoms with Crippen LogP contribution >= 0.6 is 11.6 Å². The fraction of sp³-hybridized carbons (Fsp3) is 0.400. The Morgan fingerprint density at radius 1 is 1.47 bits per heavy atom. The van der Waals surface area contributed by atoms with Crippen LogP contribution in [0.5, 0.6) is 0 Å². The minimum atomic E-state index is -3.47. The van der Waals surface area contributed by atoms with E-state index in [2.05, 4.69) is 0 Å². The lowest BCUT2D eigenvalue weighted by atomic mass is 10.2. The van der Waals surface area contributed by atoms with E-state index < -0.39 is 15.8 Å². The first-order valence-electron chi connectivity index (χ1n) is 4.99. The number of sulfonamides is 1. The third-order valence-electron chi connectivity index (χ3n) is 2.51. The lowest BCUT2D eigenvalue weighted by molar-refractivity contribution is 0.130. The molecule has 1 aliphatic rings. The van der Waals surface area contributed by atoms with Crippen LogP contribution in [0.4, 0.5) is 4.39 Å². The maximum atomic E-state index is 13.5. The van der Waals surface area contributed by atoms with Crippen LogP contribution in [0, 0.1) is 5.82 Å². The second kappa shape index (κ2) is 4.89. The van der Waals surface area contributed by atoms with Gasteiger partial charge in [0.25, 0.3) is 0 Å². The van der Waals surface area contributed by atoms with Gasteiger partial charge in [0.05, 0.1) is 6.61 Å². The van der Waals surface area contributed by atoms with Gasteiger partial charge in [-0.1, -0.05) is 17.7 Å². The normalized spacial score (nSPS) is 20.4. The molecule has 1 fully saturated rings. The van der Waals surface area contributed by atoms with Crippen molar-refractivity contribution in [3.63, 3.8) is 0 Å². The molecule has 1 aliphatic heterocycles. The number of rotatable bonds is 2. The Hall–Kier alpha value is -0.690. The summed E-state index contributed by atoms with van der Waals surface area (Å²) < 4.78 is 42.8. The molecule has 1 heterocycles. The lowest BCUT2D eigenvalue weighted by Gasteiger charge is -2.26. The van der Waals surface area contributed by atoms with Gasteiger partial charge in [-0.15, -0.1) is 0 Å². The van der Waals surface area contributed by atoms with E-state index in [1.54, 1.807) is 0 Å². The molecule has 4 nitrogen and oxygen atoms in total. The molecule has 94 valence electrons. The van der Waals surface area contributed by atoms with Crippen molar-refractivity contribution >= 4 is 21.6 Å². The molecule has 1 aromatic carbocycles. The Morgan fingerprint density at radius 2 is 2.24 bits per heavy atom. The van der Waals surface area contributed by atoms with E-state index in [1.807, 2.05) is 0 Å². The Balaban J connectivity index is 2.26. The first-order chi connectivity index (χ1) is 8.00. The molecule has 0 unspecified atom stereocenters. The Morgan fingerprint density at radius 3 is 2.88 bits per heavy atom. The zero-order valence-electron chi connectivity index (χ0n) is 8.90. The van der Waals surface area contributed by atoms with Crippen molar-refractivity contribution < 1.29 is 17.5 Å². The van der Waals surface area contributed by atoms with Crippen LogP contribution in [-0.4, -0.2) is 31.8 Å². The van der Waals surface area contributed by atoms with E-state index >= 15 is 0 Å². The molecular formula is C10H11ClFNO3S. The third-order valence-corrected chi connectivity index (χ3v) is 4.42. The molecule has 0 atom stereocenters. The second-order valence-electron chi connectivity index (χ2n) is 3.67. The maximum Gasteiger partial charge on any atom is 0.238 e. The van der Waals surface area contributed by atoms with Crippen LogP contribution in [0.15, 0.2) is 18.2 Å². The molecule has 0 spiro atoms. The standard InChI is InChI=1S/C10H11ClFNO3S/c11-9-2-1-3-10(12)8(9)6-13-4-5-16-7-17(13,14)15/h1-3H,4-7H2. The molecule has 0 radical (unpaired) electrons. The van der Waals surface area contributed by atoms with Crippen LogP contribution in [0.25, 0.3) is 0 Å². The molecule has 0 saturated carbocycles. The average Bonchev–Trinajstić information content (AvgIpc) is 2.25. The third kappa shape index (κ3) is 2.77. The molecule has 0 amide bonds. The Labute approximate surface area is 104 Å². The van der Waals surface area contributed by atoms with Gasteiger partial charge in [-0.2, -0.15) is 4.31 Å². The fourth-order valence-corrected chi connectivity index (χ4v) is 2.96. The molecule has 2 rings (SSSR count). The molecule has 1 aromatic rings. The van der Waals surface area contributed by atoms with E-state index in [1.165, 1.54) is 22.5 Å². The van der Waals surface area contributed by atoms with Gasteiger partial charge < -0.3 is 4.74 Å².